The Bertz CT molecular complexity index is 638. The fourth-order valence-electron chi connectivity index (χ4n) is 2.11. The van der Waals surface area contributed by atoms with Crippen LogP contribution in [-0.2, 0) is 4.74 Å². The predicted octanol–water partition coefficient (Wildman–Crippen LogP) is 1.47. The van der Waals surface area contributed by atoms with Crippen LogP contribution in [0.2, 0.25) is 0 Å². The van der Waals surface area contributed by atoms with E-state index < -0.39 is 0 Å². The van der Waals surface area contributed by atoms with E-state index in [-0.39, 0.29) is 24.9 Å². The normalized spacial score (nSPS) is 23.8. The minimum Gasteiger partial charge on any atom is -0.394 e. The number of ether oxygens (including phenoxy) is 1. The zero-order chi connectivity index (χ0) is 12.7. The summed E-state index contributed by atoms with van der Waals surface area (Å²) in [6.07, 6.45) is 3.02. The van der Waals surface area contributed by atoms with Crippen LogP contribution < -0.4 is 5.73 Å². The second-order valence-electron chi connectivity index (χ2n) is 4.13. The van der Waals surface area contributed by atoms with E-state index in [1.807, 2.05) is 4.57 Å². The Morgan fingerprint density at radius 1 is 1.61 bits per heavy atom. The summed E-state index contributed by atoms with van der Waals surface area (Å²) >= 11 is 6.78. The Morgan fingerprint density at radius 3 is 3.17 bits per heavy atom. The molecule has 6 nitrogen and oxygen atoms in total. The molecule has 3 heterocycles. The third-order valence-electron chi connectivity index (χ3n) is 2.95. The maximum absolute atomic E-state index is 9.10. The number of aliphatic hydroxyl groups is 1. The van der Waals surface area contributed by atoms with Gasteiger partial charge in [-0.3, -0.25) is 4.57 Å². The van der Waals surface area contributed by atoms with Crippen LogP contribution in [0.5, 0.6) is 0 Å². The highest BCUT2D eigenvalue weighted by Crippen LogP contribution is 2.33. The van der Waals surface area contributed by atoms with E-state index in [1.165, 1.54) is 11.3 Å². The number of fused-ring (bicyclic) bond motifs is 1. The lowest BCUT2D eigenvalue weighted by Gasteiger charge is -2.14. The van der Waals surface area contributed by atoms with Crippen molar-refractivity contribution in [1.82, 2.24) is 14.5 Å². The van der Waals surface area contributed by atoms with Crippen LogP contribution in [0.1, 0.15) is 19.1 Å². The Balaban J connectivity index is 2.08. The van der Waals surface area contributed by atoms with E-state index in [1.54, 1.807) is 6.20 Å². The predicted molar refractivity (Wildman–Crippen MR) is 70.9 cm³/mol. The number of nitrogens with zero attached hydrogens (tertiary/aromatic N) is 3. The number of thiazole rings is 1. The van der Waals surface area contributed by atoms with Gasteiger partial charge >= 0.3 is 0 Å². The first kappa shape index (κ1) is 12.0. The zero-order valence-electron chi connectivity index (χ0n) is 9.44. The average molecular weight is 284 g/mol. The number of nitrogens with two attached hydrogens (primary N) is 1. The van der Waals surface area contributed by atoms with Gasteiger partial charge in [-0.2, -0.15) is 4.98 Å². The summed E-state index contributed by atoms with van der Waals surface area (Å²) < 4.78 is 9.18. The van der Waals surface area contributed by atoms with Crippen molar-refractivity contribution < 1.29 is 9.84 Å². The molecule has 0 unspecified atom stereocenters. The van der Waals surface area contributed by atoms with Crippen LogP contribution in [0.3, 0.4) is 0 Å². The quantitative estimate of drug-likeness (QED) is 0.812. The number of aliphatic hydroxyl groups excluding tert-OH is 1. The minimum absolute atomic E-state index is 0.0308. The van der Waals surface area contributed by atoms with Crippen LogP contribution >= 0.6 is 23.6 Å². The molecule has 0 spiro atoms. The maximum Gasteiger partial charge on any atom is 0.222 e. The number of hydrogen-bond donors (Lipinski definition) is 2. The third-order valence-corrected chi connectivity index (χ3v) is 4.28. The van der Waals surface area contributed by atoms with Crippen LogP contribution in [0.4, 0.5) is 5.95 Å². The van der Waals surface area contributed by atoms with Gasteiger partial charge in [0.05, 0.1) is 23.6 Å². The van der Waals surface area contributed by atoms with Gasteiger partial charge in [0.1, 0.15) is 6.23 Å². The molecule has 96 valence electrons. The molecule has 18 heavy (non-hydrogen) atoms. The van der Waals surface area contributed by atoms with Crippen molar-refractivity contribution >= 4 is 39.9 Å². The van der Waals surface area contributed by atoms with Crippen LogP contribution in [0.25, 0.3) is 10.3 Å². The molecule has 2 aromatic heterocycles. The summed E-state index contributed by atoms with van der Waals surface area (Å²) in [7, 11) is 0. The highest BCUT2D eigenvalue weighted by Gasteiger charge is 2.28. The van der Waals surface area contributed by atoms with Gasteiger partial charge in [-0.15, -0.1) is 11.3 Å². The first-order valence-electron chi connectivity index (χ1n) is 5.59. The van der Waals surface area contributed by atoms with E-state index in [4.69, 9.17) is 27.8 Å². The largest absolute Gasteiger partial charge is 0.394 e. The molecule has 2 atom stereocenters. The SMILES string of the molecule is Nc1ncc2sc(=S)n([C@H]3CC[C@@H](CO)O3)c2n1. The fraction of sp³-hybridized carbons (Fsp3) is 0.500. The lowest BCUT2D eigenvalue weighted by atomic mass is 10.2. The van der Waals surface area contributed by atoms with Crippen molar-refractivity contribution in [2.24, 2.45) is 0 Å². The summed E-state index contributed by atoms with van der Waals surface area (Å²) in [4.78, 5) is 8.18. The molecule has 3 N–H and O–H groups in total. The molecular formula is C10H12N4O2S2. The molecule has 0 radical (unpaired) electrons. The number of nitrogen functional groups attached to an aromatic ring is 1. The molecule has 8 heteroatoms. The van der Waals surface area contributed by atoms with Gasteiger partial charge in [0.2, 0.25) is 5.95 Å². The molecule has 2 aromatic rings. The van der Waals surface area contributed by atoms with Crippen molar-refractivity contribution in [2.45, 2.75) is 25.2 Å². The summed E-state index contributed by atoms with van der Waals surface area (Å²) in [6, 6.07) is 0. The van der Waals surface area contributed by atoms with Crippen LogP contribution in [0, 0.1) is 3.95 Å². The summed E-state index contributed by atoms with van der Waals surface area (Å²) in [5, 5.41) is 9.10. The van der Waals surface area contributed by atoms with Crippen molar-refractivity contribution in [1.29, 1.82) is 0 Å². The number of hydrogen-bond acceptors (Lipinski definition) is 7. The summed E-state index contributed by atoms with van der Waals surface area (Å²) in [5.74, 6) is 0.223. The van der Waals surface area contributed by atoms with Crippen LogP contribution in [0.15, 0.2) is 6.20 Å². The Morgan fingerprint density at radius 2 is 2.44 bits per heavy atom. The van der Waals surface area contributed by atoms with E-state index in [9.17, 15) is 0 Å². The molecule has 1 fully saturated rings. The monoisotopic (exact) mass is 284 g/mol. The summed E-state index contributed by atoms with van der Waals surface area (Å²) in [6.45, 7) is 0.0308. The molecule has 0 aliphatic carbocycles. The van der Waals surface area contributed by atoms with E-state index in [2.05, 4.69) is 9.97 Å². The van der Waals surface area contributed by atoms with Crippen molar-refractivity contribution in [2.75, 3.05) is 12.3 Å². The topological polar surface area (TPSA) is 86.2 Å². The Kier molecular flexibility index (Phi) is 3.02. The molecule has 1 aliphatic rings. The second-order valence-corrected chi connectivity index (χ2v) is 5.80. The molecule has 3 rings (SSSR count). The lowest BCUT2D eigenvalue weighted by Crippen LogP contribution is -2.14. The molecule has 0 amide bonds. The van der Waals surface area contributed by atoms with Gasteiger partial charge in [-0.05, 0) is 25.1 Å². The minimum atomic E-state index is -0.169. The lowest BCUT2D eigenvalue weighted by molar-refractivity contribution is -0.0207. The molecule has 0 bridgehead atoms. The summed E-state index contributed by atoms with van der Waals surface area (Å²) in [5.41, 5.74) is 6.32. The fourth-order valence-corrected chi connectivity index (χ4v) is 3.42. The average Bonchev–Trinajstić information content (AvgIpc) is 2.92. The number of rotatable bonds is 2. The number of aromatic nitrogens is 3. The van der Waals surface area contributed by atoms with Crippen molar-refractivity contribution in [3.05, 3.63) is 10.2 Å². The highest BCUT2D eigenvalue weighted by molar-refractivity contribution is 7.73. The van der Waals surface area contributed by atoms with E-state index in [0.29, 0.717) is 9.60 Å². The standard InChI is InChI=1S/C10H12N4O2S2/c11-9-12-3-6-8(13-9)14(10(17)18-6)7-2-1-5(4-15)16-7/h3,5,7,15H,1-2,4H2,(H2,11,12,13)/t5-,7+/m0/s1. The second kappa shape index (κ2) is 4.54. The van der Waals surface area contributed by atoms with Gasteiger partial charge in [0, 0.05) is 0 Å². The molecule has 0 saturated carbocycles. The van der Waals surface area contributed by atoms with Gasteiger partial charge in [0.15, 0.2) is 9.60 Å². The first-order chi connectivity index (χ1) is 8.69. The third kappa shape index (κ3) is 1.91. The van der Waals surface area contributed by atoms with Gasteiger partial charge in [0.25, 0.3) is 0 Å². The van der Waals surface area contributed by atoms with E-state index >= 15 is 0 Å². The first-order valence-corrected chi connectivity index (χ1v) is 6.81. The van der Waals surface area contributed by atoms with Gasteiger partial charge < -0.3 is 15.6 Å². The molecule has 0 aromatic carbocycles. The van der Waals surface area contributed by atoms with E-state index in [0.717, 1.165) is 17.5 Å². The van der Waals surface area contributed by atoms with Crippen LogP contribution in [-0.4, -0.2) is 32.4 Å². The zero-order valence-corrected chi connectivity index (χ0v) is 11.1. The molecule has 1 aliphatic heterocycles. The van der Waals surface area contributed by atoms with Crippen molar-refractivity contribution in [3.63, 3.8) is 0 Å². The van der Waals surface area contributed by atoms with Crippen molar-refractivity contribution in [3.8, 4) is 0 Å². The number of anilines is 1. The maximum atomic E-state index is 9.10. The Hall–Kier alpha value is -1.09. The Labute approximate surface area is 112 Å². The van der Waals surface area contributed by atoms with Gasteiger partial charge in [-0.25, -0.2) is 4.98 Å². The smallest absolute Gasteiger partial charge is 0.222 e. The molecule has 1 saturated heterocycles. The van der Waals surface area contributed by atoms with Gasteiger partial charge in [-0.1, -0.05) is 0 Å². The molecular weight excluding hydrogens is 272 g/mol. The highest BCUT2D eigenvalue weighted by atomic mass is 32.1.